The quantitative estimate of drug-likeness (QED) is 0.308. The van der Waals surface area contributed by atoms with Crippen LogP contribution in [0.5, 0.6) is 0 Å². The first-order valence-electron chi connectivity index (χ1n) is 9.55. The largest absolute Gasteiger partial charge is 0.352 e. The van der Waals surface area contributed by atoms with Gasteiger partial charge in [-0.25, -0.2) is 0 Å². The topological polar surface area (TPSA) is 151 Å². The van der Waals surface area contributed by atoms with Crippen LogP contribution in [0.25, 0.3) is 0 Å². The first-order chi connectivity index (χ1) is 15.0. The summed E-state index contributed by atoms with van der Waals surface area (Å²) in [6.45, 7) is 4.08. The van der Waals surface area contributed by atoms with Crippen LogP contribution in [0.3, 0.4) is 0 Å². The van der Waals surface area contributed by atoms with Gasteiger partial charge in [0, 0.05) is 32.8 Å². The van der Waals surface area contributed by atoms with Gasteiger partial charge in [0.2, 0.25) is 0 Å². The van der Waals surface area contributed by atoms with E-state index in [0.29, 0.717) is 5.92 Å². The van der Waals surface area contributed by atoms with E-state index in [1.807, 2.05) is 38.1 Å². The van der Waals surface area contributed by atoms with Crippen molar-refractivity contribution in [1.29, 1.82) is 0 Å². The van der Waals surface area contributed by atoms with Crippen molar-refractivity contribution in [2.75, 3.05) is 14.2 Å². The normalized spacial score (nSPS) is 12.4. The molecule has 0 heterocycles. The van der Waals surface area contributed by atoms with Crippen molar-refractivity contribution in [2.45, 2.75) is 32.0 Å². The van der Waals surface area contributed by atoms with Crippen LogP contribution in [0.2, 0.25) is 0 Å². The number of nitrogens with one attached hydrogen (secondary N) is 1. The van der Waals surface area contributed by atoms with Gasteiger partial charge >= 0.3 is 7.60 Å². The molecule has 2 aromatic carbocycles. The van der Waals surface area contributed by atoms with Gasteiger partial charge in [-0.15, -0.1) is 0 Å². The number of nitrogens with zero attached hydrogens (tertiary/aromatic N) is 2. The van der Waals surface area contributed by atoms with E-state index < -0.39 is 40.5 Å². The van der Waals surface area contributed by atoms with Crippen LogP contribution in [-0.2, 0) is 20.0 Å². The van der Waals surface area contributed by atoms with Crippen LogP contribution in [0.4, 0.5) is 11.4 Å². The van der Waals surface area contributed by atoms with E-state index in [2.05, 4.69) is 5.32 Å². The Kier molecular flexibility index (Phi) is 8.20. The van der Waals surface area contributed by atoms with E-state index in [0.717, 1.165) is 29.3 Å². The van der Waals surface area contributed by atoms with E-state index in [1.165, 1.54) is 14.2 Å². The molecule has 32 heavy (non-hydrogen) atoms. The van der Waals surface area contributed by atoms with Crippen molar-refractivity contribution in [1.82, 2.24) is 5.32 Å². The maximum atomic E-state index is 13.1. The van der Waals surface area contributed by atoms with Crippen molar-refractivity contribution >= 4 is 24.9 Å². The van der Waals surface area contributed by atoms with Crippen LogP contribution in [-0.4, -0.2) is 35.8 Å². The van der Waals surface area contributed by atoms with Crippen LogP contribution >= 0.6 is 7.60 Å². The third-order valence-electron chi connectivity index (χ3n) is 4.85. The molecule has 12 heteroatoms. The highest BCUT2D eigenvalue weighted by molar-refractivity contribution is 7.54. The number of carbonyl (C=O) groups is 1. The highest BCUT2D eigenvalue weighted by Gasteiger charge is 2.36. The van der Waals surface area contributed by atoms with Gasteiger partial charge in [-0.2, -0.15) is 0 Å². The van der Waals surface area contributed by atoms with Crippen LogP contribution in [0.1, 0.15) is 41.3 Å². The van der Waals surface area contributed by atoms with Gasteiger partial charge in [-0.1, -0.05) is 38.1 Å². The van der Waals surface area contributed by atoms with E-state index >= 15 is 0 Å². The molecule has 0 spiro atoms. The number of hydrogen-bond acceptors (Lipinski definition) is 8. The summed E-state index contributed by atoms with van der Waals surface area (Å²) in [4.78, 5) is 33.4. The Morgan fingerprint density at radius 2 is 1.50 bits per heavy atom. The van der Waals surface area contributed by atoms with E-state index in [9.17, 15) is 29.6 Å². The van der Waals surface area contributed by atoms with Gasteiger partial charge in [-0.3, -0.25) is 29.6 Å². The van der Waals surface area contributed by atoms with Gasteiger partial charge in [0.05, 0.1) is 21.5 Å². The maximum Gasteiger partial charge on any atom is 0.352 e. The van der Waals surface area contributed by atoms with Crippen LogP contribution in [0, 0.1) is 20.2 Å². The van der Waals surface area contributed by atoms with Crippen molar-refractivity contribution in [3.63, 3.8) is 0 Å². The Bertz CT molecular complexity index is 1020. The van der Waals surface area contributed by atoms with Crippen LogP contribution in [0.15, 0.2) is 42.5 Å². The lowest BCUT2D eigenvalue weighted by molar-refractivity contribution is -0.394. The molecular formula is C20H24N3O8P. The lowest BCUT2D eigenvalue weighted by Crippen LogP contribution is -2.37. The summed E-state index contributed by atoms with van der Waals surface area (Å²) in [6, 6.07) is 10.0. The van der Waals surface area contributed by atoms with Crippen molar-refractivity contribution < 1.29 is 28.3 Å². The molecule has 0 aliphatic rings. The van der Waals surface area contributed by atoms with Crippen molar-refractivity contribution in [3.05, 3.63) is 79.4 Å². The monoisotopic (exact) mass is 465 g/mol. The molecule has 11 nitrogen and oxygen atoms in total. The fraction of sp³-hybridized carbons (Fsp3) is 0.350. The molecule has 1 amide bonds. The molecule has 0 saturated carbocycles. The summed E-state index contributed by atoms with van der Waals surface area (Å²) >= 11 is 0. The zero-order valence-electron chi connectivity index (χ0n) is 18.0. The van der Waals surface area contributed by atoms with Crippen molar-refractivity contribution in [3.8, 4) is 0 Å². The van der Waals surface area contributed by atoms with E-state index in [-0.39, 0.29) is 12.0 Å². The fourth-order valence-electron chi connectivity index (χ4n) is 3.00. The molecule has 0 radical (unpaired) electrons. The molecule has 1 N–H and O–H groups in total. The SMILES string of the molecule is COP(=O)(OC)[C@@H](Cc1ccc(C(C)C)cc1)NC(=O)c1cc([N+](=O)[O-])cc([N+](=O)[O-])c1. The molecule has 2 aromatic rings. The zero-order valence-corrected chi connectivity index (χ0v) is 18.9. The summed E-state index contributed by atoms with van der Waals surface area (Å²) in [7, 11) is -1.48. The number of rotatable bonds is 10. The molecule has 0 unspecified atom stereocenters. The summed E-state index contributed by atoms with van der Waals surface area (Å²) < 4.78 is 23.2. The predicted molar refractivity (Wildman–Crippen MR) is 117 cm³/mol. The number of nitro groups is 2. The smallest absolute Gasteiger partial charge is 0.338 e. The molecule has 0 aliphatic carbocycles. The summed E-state index contributed by atoms with van der Waals surface area (Å²) in [5, 5.41) is 24.7. The Balaban J connectivity index is 2.39. The second-order valence-electron chi connectivity index (χ2n) is 7.25. The Morgan fingerprint density at radius 1 is 1.00 bits per heavy atom. The van der Waals surface area contributed by atoms with Gasteiger partial charge < -0.3 is 14.4 Å². The highest BCUT2D eigenvalue weighted by atomic mass is 31.2. The fourth-order valence-corrected chi connectivity index (χ4v) is 4.37. The minimum absolute atomic E-state index is 0.0695. The lowest BCUT2D eigenvalue weighted by atomic mass is 10.0. The number of benzene rings is 2. The van der Waals surface area contributed by atoms with Crippen LogP contribution < -0.4 is 5.32 Å². The minimum atomic E-state index is -3.82. The molecule has 172 valence electrons. The molecule has 0 saturated heterocycles. The van der Waals surface area contributed by atoms with Gasteiger partial charge in [0.15, 0.2) is 0 Å². The van der Waals surface area contributed by atoms with Gasteiger partial charge in [0.25, 0.3) is 17.3 Å². The highest BCUT2D eigenvalue weighted by Crippen LogP contribution is 2.51. The Labute approximate surface area is 184 Å². The molecule has 2 rings (SSSR count). The third kappa shape index (κ3) is 5.97. The number of amides is 1. The number of hydrogen-bond donors (Lipinski definition) is 1. The second kappa shape index (κ2) is 10.4. The van der Waals surface area contributed by atoms with Gasteiger partial charge in [0.1, 0.15) is 5.78 Å². The molecule has 1 atom stereocenters. The second-order valence-corrected chi connectivity index (χ2v) is 9.68. The Hall–Kier alpha value is -3.14. The Morgan fingerprint density at radius 3 is 1.91 bits per heavy atom. The number of nitro benzene ring substituents is 2. The minimum Gasteiger partial charge on any atom is -0.338 e. The number of carbonyl (C=O) groups excluding carboxylic acids is 1. The first kappa shape index (κ1) is 25.1. The average molecular weight is 465 g/mol. The predicted octanol–water partition coefficient (Wildman–Crippen LogP) is 4.41. The van der Waals surface area contributed by atoms with Gasteiger partial charge in [-0.05, 0) is 17.0 Å². The summed E-state index contributed by atoms with van der Waals surface area (Å²) in [6.07, 6.45) is 0.0695. The molecule has 0 bridgehead atoms. The zero-order chi connectivity index (χ0) is 24.1. The third-order valence-corrected chi connectivity index (χ3v) is 6.94. The summed E-state index contributed by atoms with van der Waals surface area (Å²) in [5.74, 6) is -1.73. The van der Waals surface area contributed by atoms with E-state index in [4.69, 9.17) is 9.05 Å². The molecule has 0 aliphatic heterocycles. The average Bonchev–Trinajstić information content (AvgIpc) is 2.77. The molecular weight excluding hydrogens is 441 g/mol. The first-order valence-corrected chi connectivity index (χ1v) is 11.2. The standard InChI is InChI=1S/C20H24N3O8P/c1-13(2)15-7-5-14(6-8-15)9-19(32(29,30-3)31-4)21-20(24)16-10-17(22(25)26)12-18(11-16)23(27)28/h5-8,10-13,19H,9H2,1-4H3,(H,21,24)/t19-/m0/s1. The molecule has 0 fully saturated rings. The van der Waals surface area contributed by atoms with Crippen molar-refractivity contribution in [2.24, 2.45) is 0 Å². The molecule has 0 aromatic heterocycles. The number of non-ortho nitro benzene ring substituents is 2. The summed E-state index contributed by atoms with van der Waals surface area (Å²) in [5.41, 5.74) is 0.266. The maximum absolute atomic E-state index is 13.1. The van der Waals surface area contributed by atoms with E-state index in [1.54, 1.807) is 0 Å². The lowest BCUT2D eigenvalue weighted by Gasteiger charge is -2.25.